The van der Waals surface area contributed by atoms with E-state index >= 15 is 0 Å². The van der Waals surface area contributed by atoms with Crippen LogP contribution in [0.1, 0.15) is 20.7 Å². The van der Waals surface area contributed by atoms with E-state index in [1.54, 1.807) is 18.2 Å². The number of carboxylic acids is 1. The standard InChI is InChI=1S/C14H10O7S/c15-13(16)10-7-4-8-11(12(10)22(18,19)20)21-14(17)9-5-2-1-3-6-9/h1-8H,(H,15,16)(H,18,19,20). The maximum absolute atomic E-state index is 11.9. The van der Waals surface area contributed by atoms with Gasteiger partial charge in [0.2, 0.25) is 0 Å². The molecule has 22 heavy (non-hydrogen) atoms. The van der Waals surface area contributed by atoms with Crippen molar-refractivity contribution in [3.8, 4) is 5.75 Å². The fraction of sp³-hybridized carbons (Fsp3) is 0. The Morgan fingerprint density at radius 3 is 2.14 bits per heavy atom. The average molecular weight is 322 g/mol. The Morgan fingerprint density at radius 1 is 0.955 bits per heavy atom. The predicted molar refractivity (Wildman–Crippen MR) is 74.6 cm³/mol. The number of carbonyl (C=O) groups is 2. The van der Waals surface area contributed by atoms with Gasteiger partial charge in [-0.1, -0.05) is 24.3 Å². The molecular weight excluding hydrogens is 312 g/mol. The summed E-state index contributed by atoms with van der Waals surface area (Å²) in [6.07, 6.45) is 0. The zero-order chi connectivity index (χ0) is 16.3. The first-order valence-corrected chi connectivity index (χ1v) is 7.35. The largest absolute Gasteiger partial charge is 0.478 e. The zero-order valence-electron chi connectivity index (χ0n) is 11.0. The summed E-state index contributed by atoms with van der Waals surface area (Å²) in [6, 6.07) is 11.0. The third-order valence-corrected chi connectivity index (χ3v) is 3.62. The molecule has 2 aromatic rings. The molecule has 2 aromatic carbocycles. The molecule has 0 amide bonds. The molecule has 0 atom stereocenters. The summed E-state index contributed by atoms with van der Waals surface area (Å²) in [5, 5.41) is 8.99. The molecule has 114 valence electrons. The van der Waals surface area contributed by atoms with Gasteiger partial charge in [-0.2, -0.15) is 8.42 Å². The average Bonchev–Trinajstić information content (AvgIpc) is 2.46. The van der Waals surface area contributed by atoms with Crippen molar-refractivity contribution in [3.05, 3.63) is 59.7 Å². The van der Waals surface area contributed by atoms with Crippen LogP contribution in [0.25, 0.3) is 0 Å². The molecule has 0 fully saturated rings. The van der Waals surface area contributed by atoms with Gasteiger partial charge in [-0.05, 0) is 24.3 Å². The van der Waals surface area contributed by atoms with E-state index in [1.165, 1.54) is 18.2 Å². The van der Waals surface area contributed by atoms with Gasteiger partial charge in [-0.25, -0.2) is 9.59 Å². The Balaban J connectivity index is 2.50. The minimum atomic E-state index is -4.90. The number of hydrogen-bond acceptors (Lipinski definition) is 5. The van der Waals surface area contributed by atoms with E-state index in [0.717, 1.165) is 12.1 Å². The molecule has 2 rings (SSSR count). The highest BCUT2D eigenvalue weighted by Crippen LogP contribution is 2.28. The van der Waals surface area contributed by atoms with Gasteiger partial charge in [0.1, 0.15) is 0 Å². The van der Waals surface area contributed by atoms with Gasteiger partial charge < -0.3 is 9.84 Å². The van der Waals surface area contributed by atoms with Crippen molar-refractivity contribution < 1.29 is 32.4 Å². The van der Waals surface area contributed by atoms with Gasteiger partial charge in [-0.15, -0.1) is 0 Å². The molecule has 0 saturated heterocycles. The van der Waals surface area contributed by atoms with Crippen LogP contribution in [0.4, 0.5) is 0 Å². The minimum Gasteiger partial charge on any atom is -0.478 e. The van der Waals surface area contributed by atoms with E-state index < -0.39 is 38.3 Å². The van der Waals surface area contributed by atoms with E-state index in [-0.39, 0.29) is 5.56 Å². The van der Waals surface area contributed by atoms with Crippen LogP contribution in [0.3, 0.4) is 0 Å². The van der Waals surface area contributed by atoms with Crippen LogP contribution in [-0.2, 0) is 10.1 Å². The van der Waals surface area contributed by atoms with Crippen LogP contribution in [-0.4, -0.2) is 30.0 Å². The van der Waals surface area contributed by atoms with Crippen molar-refractivity contribution in [3.63, 3.8) is 0 Å². The summed E-state index contributed by atoms with van der Waals surface area (Å²) < 4.78 is 36.9. The van der Waals surface area contributed by atoms with Crippen molar-refractivity contribution in [1.82, 2.24) is 0 Å². The molecule has 0 unspecified atom stereocenters. The first-order valence-electron chi connectivity index (χ1n) is 5.91. The lowest BCUT2D eigenvalue weighted by atomic mass is 10.2. The number of carbonyl (C=O) groups excluding carboxylic acids is 1. The highest BCUT2D eigenvalue weighted by molar-refractivity contribution is 7.86. The van der Waals surface area contributed by atoms with E-state index in [1.807, 2.05) is 0 Å². The lowest BCUT2D eigenvalue weighted by Crippen LogP contribution is -2.14. The molecule has 0 aliphatic carbocycles. The number of hydrogen-bond donors (Lipinski definition) is 2. The highest BCUT2D eigenvalue weighted by atomic mass is 32.2. The second kappa shape index (κ2) is 5.96. The molecular formula is C14H10O7S. The monoisotopic (exact) mass is 322 g/mol. The Hall–Kier alpha value is -2.71. The third-order valence-electron chi connectivity index (χ3n) is 2.68. The smallest absolute Gasteiger partial charge is 0.343 e. The Kier molecular flexibility index (Phi) is 4.25. The Labute approximate surface area is 125 Å². The molecule has 0 aliphatic heterocycles. The van der Waals surface area contributed by atoms with Crippen LogP contribution in [0.15, 0.2) is 53.4 Å². The summed E-state index contributed by atoms with van der Waals surface area (Å²) in [4.78, 5) is 22.0. The third kappa shape index (κ3) is 3.30. The Morgan fingerprint density at radius 2 is 1.59 bits per heavy atom. The highest BCUT2D eigenvalue weighted by Gasteiger charge is 2.26. The van der Waals surface area contributed by atoms with Gasteiger partial charge in [-0.3, -0.25) is 4.55 Å². The summed E-state index contributed by atoms with van der Waals surface area (Å²) in [5.41, 5.74) is -0.551. The topological polar surface area (TPSA) is 118 Å². The molecule has 2 N–H and O–H groups in total. The van der Waals surface area contributed by atoms with Crippen LogP contribution in [0.5, 0.6) is 5.75 Å². The van der Waals surface area contributed by atoms with E-state index in [9.17, 15) is 22.6 Å². The first-order chi connectivity index (χ1) is 10.3. The molecule has 0 aliphatic rings. The summed E-state index contributed by atoms with van der Waals surface area (Å²) in [7, 11) is -4.90. The van der Waals surface area contributed by atoms with Crippen LogP contribution >= 0.6 is 0 Å². The van der Waals surface area contributed by atoms with Crippen molar-refractivity contribution in [2.75, 3.05) is 0 Å². The van der Waals surface area contributed by atoms with Crippen molar-refractivity contribution in [2.24, 2.45) is 0 Å². The number of rotatable bonds is 4. The maximum atomic E-state index is 11.9. The molecule has 0 saturated carbocycles. The second-order valence-electron chi connectivity index (χ2n) is 4.17. The van der Waals surface area contributed by atoms with Gasteiger partial charge in [0.15, 0.2) is 10.6 Å². The van der Waals surface area contributed by atoms with Crippen molar-refractivity contribution in [1.29, 1.82) is 0 Å². The molecule has 0 spiro atoms. The first kappa shape index (κ1) is 15.7. The second-order valence-corrected chi connectivity index (χ2v) is 5.53. The maximum Gasteiger partial charge on any atom is 0.343 e. The van der Waals surface area contributed by atoms with Crippen molar-refractivity contribution in [2.45, 2.75) is 4.90 Å². The summed E-state index contributed by atoms with van der Waals surface area (Å²) >= 11 is 0. The van der Waals surface area contributed by atoms with E-state index in [2.05, 4.69) is 0 Å². The number of benzene rings is 2. The number of ether oxygens (including phenoxy) is 1. The van der Waals surface area contributed by atoms with Gasteiger partial charge >= 0.3 is 11.9 Å². The quantitative estimate of drug-likeness (QED) is 0.501. The van der Waals surface area contributed by atoms with Gasteiger partial charge in [0.05, 0.1) is 11.1 Å². The normalized spacial score (nSPS) is 11.0. The van der Waals surface area contributed by atoms with Crippen LogP contribution in [0, 0.1) is 0 Å². The van der Waals surface area contributed by atoms with Gasteiger partial charge in [0, 0.05) is 0 Å². The molecule has 0 bridgehead atoms. The molecule has 0 heterocycles. The molecule has 0 aromatic heterocycles. The number of esters is 1. The fourth-order valence-corrected chi connectivity index (χ4v) is 2.56. The Bertz CT molecular complexity index is 826. The lowest BCUT2D eigenvalue weighted by Gasteiger charge is -2.10. The minimum absolute atomic E-state index is 0.143. The van der Waals surface area contributed by atoms with Crippen LogP contribution < -0.4 is 4.74 Å². The summed E-state index contributed by atoms with van der Waals surface area (Å²) in [6.45, 7) is 0. The van der Waals surface area contributed by atoms with E-state index in [0.29, 0.717) is 0 Å². The van der Waals surface area contributed by atoms with Crippen molar-refractivity contribution >= 4 is 22.1 Å². The summed E-state index contributed by atoms with van der Waals surface area (Å²) in [5.74, 6) is -3.02. The van der Waals surface area contributed by atoms with E-state index in [4.69, 9.17) is 9.84 Å². The molecule has 7 nitrogen and oxygen atoms in total. The van der Waals surface area contributed by atoms with Gasteiger partial charge in [0.25, 0.3) is 10.1 Å². The fourth-order valence-electron chi connectivity index (χ4n) is 1.76. The molecule has 0 radical (unpaired) electrons. The van der Waals surface area contributed by atoms with Crippen LogP contribution in [0.2, 0.25) is 0 Å². The predicted octanol–water partition coefficient (Wildman–Crippen LogP) is 1.85. The lowest BCUT2D eigenvalue weighted by molar-refractivity contribution is 0.0679. The molecule has 8 heteroatoms. The number of carboxylic acid groups (broad SMARTS) is 1. The zero-order valence-corrected chi connectivity index (χ0v) is 11.8. The number of aromatic carboxylic acids is 1. The SMILES string of the molecule is O=C(Oc1cccc(C(=O)O)c1S(=O)(=O)O)c1ccccc1.